The summed E-state index contributed by atoms with van der Waals surface area (Å²) in [6.07, 6.45) is 0.700. The molecule has 0 bridgehead atoms. The Morgan fingerprint density at radius 1 is 1.09 bits per heavy atom. The number of hydrogen-bond donors (Lipinski definition) is 0. The molecule has 6 heteroatoms. The second-order valence-electron chi connectivity index (χ2n) is 4.85. The summed E-state index contributed by atoms with van der Waals surface area (Å²) in [5.41, 5.74) is -0.250. The zero-order valence-corrected chi connectivity index (χ0v) is 13.4. The summed E-state index contributed by atoms with van der Waals surface area (Å²) in [7, 11) is 2.60. The number of benzene rings is 1. The molecule has 0 unspecified atom stereocenters. The molecule has 0 amide bonds. The van der Waals surface area contributed by atoms with Crippen LogP contribution in [0.1, 0.15) is 31.2 Å². The first-order valence-electron chi connectivity index (χ1n) is 6.78. The summed E-state index contributed by atoms with van der Waals surface area (Å²) in [5, 5.41) is 10.2. The number of carbonyl (C=O) groups excluding carboxylic acids is 2. The summed E-state index contributed by atoms with van der Waals surface area (Å²) in [6, 6.07) is 9.08. The Bertz CT molecular complexity index is 543. The number of nitriles is 1. The highest BCUT2D eigenvalue weighted by molar-refractivity contribution is 6.30. The van der Waals surface area contributed by atoms with Gasteiger partial charge in [0.1, 0.15) is 0 Å². The van der Waals surface area contributed by atoms with Crippen molar-refractivity contribution in [3.8, 4) is 6.07 Å². The van der Waals surface area contributed by atoms with Crippen LogP contribution in [0.15, 0.2) is 24.3 Å². The standard InChI is InChI=1S/C16H18ClNO4/c1-21-14(19)7-9-16(11-18,10-8-15(20)22-2)12-3-5-13(17)6-4-12/h3-6H,7-10H2,1-2H3. The van der Waals surface area contributed by atoms with E-state index in [-0.39, 0.29) is 25.7 Å². The van der Waals surface area contributed by atoms with Crippen LogP contribution in [-0.4, -0.2) is 26.2 Å². The summed E-state index contributed by atoms with van der Waals surface area (Å²) < 4.78 is 9.26. The van der Waals surface area contributed by atoms with Crippen molar-refractivity contribution in [2.75, 3.05) is 14.2 Å². The molecule has 0 aliphatic rings. The Hall–Kier alpha value is -2.06. The highest BCUT2D eigenvalue weighted by Gasteiger charge is 2.33. The molecule has 1 rings (SSSR count). The van der Waals surface area contributed by atoms with Crippen molar-refractivity contribution in [2.45, 2.75) is 31.1 Å². The maximum Gasteiger partial charge on any atom is 0.305 e. The highest BCUT2D eigenvalue weighted by Crippen LogP contribution is 2.34. The Morgan fingerprint density at radius 3 is 1.91 bits per heavy atom. The van der Waals surface area contributed by atoms with Crippen LogP contribution in [0.4, 0.5) is 0 Å². The SMILES string of the molecule is COC(=O)CCC(C#N)(CCC(=O)OC)c1ccc(Cl)cc1. The molecule has 0 aromatic heterocycles. The summed E-state index contributed by atoms with van der Waals surface area (Å²) >= 11 is 5.87. The third-order valence-corrected chi connectivity index (χ3v) is 3.83. The van der Waals surface area contributed by atoms with Crippen molar-refractivity contribution in [1.29, 1.82) is 5.26 Å². The number of ether oxygens (including phenoxy) is 2. The molecule has 1 aromatic carbocycles. The van der Waals surface area contributed by atoms with E-state index in [2.05, 4.69) is 15.5 Å². The lowest BCUT2D eigenvalue weighted by Crippen LogP contribution is -2.27. The van der Waals surface area contributed by atoms with Crippen molar-refractivity contribution in [3.63, 3.8) is 0 Å². The molecular formula is C16H18ClNO4. The normalized spacial score (nSPS) is 10.6. The lowest BCUT2D eigenvalue weighted by Gasteiger charge is -2.26. The lowest BCUT2D eigenvalue weighted by atomic mass is 9.74. The number of nitrogens with zero attached hydrogens (tertiary/aromatic N) is 1. The molecule has 1 aromatic rings. The number of hydrogen-bond acceptors (Lipinski definition) is 5. The molecule has 118 valence electrons. The first-order chi connectivity index (χ1) is 10.5. The fourth-order valence-corrected chi connectivity index (χ4v) is 2.32. The molecule has 0 saturated heterocycles. The third kappa shape index (κ3) is 4.74. The van der Waals surface area contributed by atoms with E-state index in [9.17, 15) is 14.9 Å². The Kier molecular flexibility index (Phi) is 6.87. The van der Waals surface area contributed by atoms with Gasteiger partial charge in [0, 0.05) is 17.9 Å². The average molecular weight is 324 g/mol. The van der Waals surface area contributed by atoms with Gasteiger partial charge in [0.2, 0.25) is 0 Å². The van der Waals surface area contributed by atoms with Crippen molar-refractivity contribution in [3.05, 3.63) is 34.9 Å². The molecule has 0 aliphatic heterocycles. The quantitative estimate of drug-likeness (QED) is 0.721. The van der Waals surface area contributed by atoms with Crippen molar-refractivity contribution >= 4 is 23.5 Å². The number of rotatable bonds is 7. The van der Waals surface area contributed by atoms with Crippen molar-refractivity contribution in [1.82, 2.24) is 0 Å². The van der Waals surface area contributed by atoms with E-state index in [1.54, 1.807) is 24.3 Å². The molecule has 0 N–H and O–H groups in total. The second kappa shape index (κ2) is 8.40. The summed E-state index contributed by atoms with van der Waals surface area (Å²) in [4.78, 5) is 22.8. The fraction of sp³-hybridized carbons (Fsp3) is 0.438. The zero-order valence-electron chi connectivity index (χ0n) is 12.6. The topological polar surface area (TPSA) is 76.4 Å². The Labute approximate surface area is 134 Å². The van der Waals surface area contributed by atoms with Crippen LogP contribution in [0.25, 0.3) is 0 Å². The van der Waals surface area contributed by atoms with E-state index >= 15 is 0 Å². The van der Waals surface area contributed by atoms with E-state index < -0.39 is 17.4 Å². The first kappa shape index (κ1) is 18.0. The molecule has 0 aliphatic carbocycles. The largest absolute Gasteiger partial charge is 0.469 e. The highest BCUT2D eigenvalue weighted by atomic mass is 35.5. The molecule has 0 heterocycles. The van der Waals surface area contributed by atoms with Crippen LogP contribution in [0.5, 0.6) is 0 Å². The van der Waals surface area contributed by atoms with Gasteiger partial charge in [-0.25, -0.2) is 0 Å². The zero-order chi connectivity index (χ0) is 16.6. The molecule has 0 atom stereocenters. The number of halogens is 1. The van der Waals surface area contributed by atoms with E-state index in [4.69, 9.17) is 11.6 Å². The van der Waals surface area contributed by atoms with Gasteiger partial charge in [0.05, 0.1) is 25.7 Å². The van der Waals surface area contributed by atoms with E-state index in [1.165, 1.54) is 14.2 Å². The van der Waals surface area contributed by atoms with Gasteiger partial charge in [0.25, 0.3) is 0 Å². The fourth-order valence-electron chi connectivity index (χ4n) is 2.19. The number of carbonyl (C=O) groups is 2. The summed E-state index contributed by atoms with van der Waals surface area (Å²) in [6.45, 7) is 0. The van der Waals surface area contributed by atoms with Crippen LogP contribution < -0.4 is 0 Å². The minimum absolute atomic E-state index is 0.0911. The molecule has 0 radical (unpaired) electrons. The molecule has 22 heavy (non-hydrogen) atoms. The third-order valence-electron chi connectivity index (χ3n) is 3.58. The van der Waals surface area contributed by atoms with Crippen LogP contribution in [0.2, 0.25) is 5.02 Å². The van der Waals surface area contributed by atoms with Crippen LogP contribution >= 0.6 is 11.6 Å². The van der Waals surface area contributed by atoms with Gasteiger partial charge in [-0.2, -0.15) is 5.26 Å². The molecule has 0 fully saturated rings. The smallest absolute Gasteiger partial charge is 0.305 e. The lowest BCUT2D eigenvalue weighted by molar-refractivity contribution is -0.141. The van der Waals surface area contributed by atoms with Gasteiger partial charge in [-0.15, -0.1) is 0 Å². The first-order valence-corrected chi connectivity index (χ1v) is 7.16. The Balaban J connectivity index is 3.05. The van der Waals surface area contributed by atoms with E-state index in [0.29, 0.717) is 10.6 Å². The van der Waals surface area contributed by atoms with Crippen LogP contribution in [0.3, 0.4) is 0 Å². The maximum absolute atomic E-state index is 11.4. The average Bonchev–Trinajstić information content (AvgIpc) is 2.55. The van der Waals surface area contributed by atoms with Gasteiger partial charge in [-0.1, -0.05) is 23.7 Å². The van der Waals surface area contributed by atoms with Crippen LogP contribution in [0, 0.1) is 11.3 Å². The van der Waals surface area contributed by atoms with Gasteiger partial charge < -0.3 is 9.47 Å². The minimum atomic E-state index is -0.965. The Morgan fingerprint density at radius 2 is 1.55 bits per heavy atom. The minimum Gasteiger partial charge on any atom is -0.469 e. The van der Waals surface area contributed by atoms with Crippen molar-refractivity contribution < 1.29 is 19.1 Å². The van der Waals surface area contributed by atoms with Gasteiger partial charge in [0.15, 0.2) is 0 Å². The van der Waals surface area contributed by atoms with Crippen molar-refractivity contribution in [2.24, 2.45) is 0 Å². The van der Waals surface area contributed by atoms with Crippen LogP contribution in [-0.2, 0) is 24.5 Å². The number of methoxy groups -OCH3 is 2. The van der Waals surface area contributed by atoms with E-state index in [1.807, 2.05) is 0 Å². The van der Waals surface area contributed by atoms with Gasteiger partial charge in [-0.3, -0.25) is 9.59 Å². The molecule has 5 nitrogen and oxygen atoms in total. The predicted molar refractivity (Wildman–Crippen MR) is 81.2 cm³/mol. The molecule has 0 saturated carbocycles. The predicted octanol–water partition coefficient (Wildman–Crippen LogP) is 3.01. The summed E-state index contributed by atoms with van der Waals surface area (Å²) in [5.74, 6) is -0.793. The maximum atomic E-state index is 11.4. The molecular weight excluding hydrogens is 306 g/mol. The second-order valence-corrected chi connectivity index (χ2v) is 5.29. The number of esters is 2. The van der Waals surface area contributed by atoms with Gasteiger partial charge in [-0.05, 0) is 30.5 Å². The monoisotopic (exact) mass is 323 g/mol. The van der Waals surface area contributed by atoms with Gasteiger partial charge >= 0.3 is 11.9 Å². The molecule has 0 spiro atoms. The van der Waals surface area contributed by atoms with E-state index in [0.717, 1.165) is 0 Å².